The van der Waals surface area contributed by atoms with Gasteiger partial charge in [0.15, 0.2) is 5.78 Å². The highest BCUT2D eigenvalue weighted by atomic mass is 16.5. The van der Waals surface area contributed by atoms with E-state index in [2.05, 4.69) is 20.8 Å². The van der Waals surface area contributed by atoms with Crippen molar-refractivity contribution in [3.8, 4) is 0 Å². The van der Waals surface area contributed by atoms with Gasteiger partial charge in [0.05, 0.1) is 12.5 Å². The molecule has 2 saturated carbocycles. The Morgan fingerprint density at radius 2 is 1.92 bits per heavy atom. The Hall–Kier alpha value is -1.45. The predicted octanol–water partition coefficient (Wildman–Crippen LogP) is 3.88. The van der Waals surface area contributed by atoms with E-state index in [4.69, 9.17) is 4.74 Å². The fourth-order valence-electron chi connectivity index (χ4n) is 6.43. The Bertz CT molecular complexity index is 632. The summed E-state index contributed by atoms with van der Waals surface area (Å²) in [6.45, 7) is 6.94. The summed E-state index contributed by atoms with van der Waals surface area (Å²) in [7, 11) is 1.34. The molecule has 2 fully saturated rings. The Morgan fingerprint density at radius 3 is 2.56 bits per heavy atom. The van der Waals surface area contributed by atoms with Gasteiger partial charge in [-0.05, 0) is 54.8 Å². The average molecular weight is 346 g/mol. The van der Waals surface area contributed by atoms with E-state index in [1.54, 1.807) is 0 Å². The van der Waals surface area contributed by atoms with Crippen LogP contribution in [0.5, 0.6) is 0 Å². The largest absolute Gasteiger partial charge is 0.466 e. The zero-order valence-electron chi connectivity index (χ0n) is 15.9. The van der Waals surface area contributed by atoms with E-state index in [1.165, 1.54) is 13.5 Å². The number of rotatable bonds is 2. The van der Waals surface area contributed by atoms with Gasteiger partial charge in [0, 0.05) is 12.0 Å². The molecule has 0 amide bonds. The third-order valence-electron chi connectivity index (χ3n) is 7.67. The van der Waals surface area contributed by atoms with Crippen molar-refractivity contribution in [3.05, 3.63) is 11.6 Å². The second-order valence-corrected chi connectivity index (χ2v) is 9.21. The normalized spacial score (nSPS) is 40.2. The molecule has 0 bridgehead atoms. The molecule has 138 valence electrons. The van der Waals surface area contributed by atoms with Gasteiger partial charge in [-0.3, -0.25) is 4.79 Å². The van der Waals surface area contributed by atoms with Crippen molar-refractivity contribution >= 4 is 18.0 Å². The SMILES string of the molecule is COC(=O)C1=CC[C@H]2[C@@](C=O)(CCC3C(C)(C)CCC[C@@]32C)C(=O)C1. The molecule has 0 aromatic rings. The van der Waals surface area contributed by atoms with E-state index >= 15 is 0 Å². The number of carbonyl (C=O) groups is 3. The zero-order valence-corrected chi connectivity index (χ0v) is 15.9. The van der Waals surface area contributed by atoms with Gasteiger partial charge in [0.2, 0.25) is 0 Å². The number of allylic oxidation sites excluding steroid dienone is 1. The first-order chi connectivity index (χ1) is 11.7. The zero-order chi connectivity index (χ0) is 18.5. The van der Waals surface area contributed by atoms with Crippen LogP contribution in [0.3, 0.4) is 0 Å². The lowest BCUT2D eigenvalue weighted by Gasteiger charge is -2.61. The number of fused-ring (bicyclic) bond motifs is 3. The molecular weight excluding hydrogens is 316 g/mol. The number of carbonyl (C=O) groups excluding carboxylic acids is 3. The Balaban J connectivity index is 2.07. The molecule has 0 saturated heterocycles. The van der Waals surface area contributed by atoms with Gasteiger partial charge < -0.3 is 9.53 Å². The first-order valence-corrected chi connectivity index (χ1v) is 9.48. The summed E-state index contributed by atoms with van der Waals surface area (Å²) in [5, 5.41) is 0. The number of Topliss-reactive ketones (excluding diaryl/α,β-unsaturated/α-hetero) is 1. The van der Waals surface area contributed by atoms with Crippen LogP contribution in [0.15, 0.2) is 11.6 Å². The number of ether oxygens (including phenoxy) is 1. The molecule has 0 aromatic carbocycles. The molecule has 0 heterocycles. The van der Waals surface area contributed by atoms with E-state index in [1.807, 2.05) is 6.08 Å². The van der Waals surface area contributed by atoms with Crippen LogP contribution in [-0.4, -0.2) is 25.1 Å². The molecule has 4 atom stereocenters. The molecule has 25 heavy (non-hydrogen) atoms. The summed E-state index contributed by atoms with van der Waals surface area (Å²) >= 11 is 0. The molecule has 4 nitrogen and oxygen atoms in total. The van der Waals surface area contributed by atoms with Gasteiger partial charge in [-0.15, -0.1) is 0 Å². The van der Waals surface area contributed by atoms with Crippen LogP contribution in [0.2, 0.25) is 0 Å². The topological polar surface area (TPSA) is 60.4 Å². The highest BCUT2D eigenvalue weighted by Crippen LogP contribution is 2.65. The Morgan fingerprint density at radius 1 is 1.20 bits per heavy atom. The Kier molecular flexibility index (Phi) is 4.45. The van der Waals surface area contributed by atoms with E-state index < -0.39 is 11.4 Å². The van der Waals surface area contributed by atoms with E-state index in [9.17, 15) is 14.4 Å². The molecule has 3 rings (SSSR count). The fraction of sp³-hybridized carbons (Fsp3) is 0.762. The maximum absolute atomic E-state index is 13.1. The number of hydrogen-bond acceptors (Lipinski definition) is 4. The monoisotopic (exact) mass is 346 g/mol. The summed E-state index contributed by atoms with van der Waals surface area (Å²) < 4.78 is 4.83. The van der Waals surface area contributed by atoms with E-state index in [0.29, 0.717) is 24.3 Å². The minimum atomic E-state index is -0.940. The van der Waals surface area contributed by atoms with Crippen molar-refractivity contribution in [3.63, 3.8) is 0 Å². The lowest BCUT2D eigenvalue weighted by atomic mass is 9.42. The molecular formula is C21H30O4. The highest BCUT2D eigenvalue weighted by Gasteiger charge is 2.62. The molecule has 0 N–H and O–H groups in total. The second kappa shape index (κ2) is 6.07. The summed E-state index contributed by atoms with van der Waals surface area (Å²) in [6.07, 6.45) is 8.33. The third-order valence-corrected chi connectivity index (χ3v) is 7.67. The van der Waals surface area contributed by atoms with Crippen molar-refractivity contribution in [2.45, 2.75) is 65.7 Å². The summed E-state index contributed by atoms with van der Waals surface area (Å²) in [5.74, 6) is -0.0541. The van der Waals surface area contributed by atoms with Crippen LogP contribution in [0.1, 0.15) is 65.7 Å². The minimum Gasteiger partial charge on any atom is -0.466 e. The van der Waals surface area contributed by atoms with Crippen molar-refractivity contribution in [2.24, 2.45) is 28.1 Å². The molecule has 1 unspecified atom stereocenters. The van der Waals surface area contributed by atoms with Crippen molar-refractivity contribution in [1.82, 2.24) is 0 Å². The maximum atomic E-state index is 13.1. The maximum Gasteiger partial charge on any atom is 0.333 e. The van der Waals surface area contributed by atoms with Crippen molar-refractivity contribution in [1.29, 1.82) is 0 Å². The summed E-state index contributed by atoms with van der Waals surface area (Å²) in [6, 6.07) is 0. The lowest BCUT2D eigenvalue weighted by Crippen LogP contribution is -2.58. The molecule has 4 heteroatoms. The van der Waals surface area contributed by atoms with Crippen LogP contribution in [0, 0.1) is 28.1 Å². The van der Waals surface area contributed by atoms with Crippen LogP contribution >= 0.6 is 0 Å². The van der Waals surface area contributed by atoms with E-state index in [-0.39, 0.29) is 29.0 Å². The average Bonchev–Trinajstić information content (AvgIpc) is 2.71. The quantitative estimate of drug-likeness (QED) is 0.432. The lowest BCUT2D eigenvalue weighted by molar-refractivity contribution is -0.162. The van der Waals surface area contributed by atoms with Crippen LogP contribution in [-0.2, 0) is 19.1 Å². The van der Waals surface area contributed by atoms with Crippen LogP contribution < -0.4 is 0 Å². The molecule has 3 aliphatic rings. The number of hydrogen-bond donors (Lipinski definition) is 0. The molecule has 0 spiro atoms. The van der Waals surface area contributed by atoms with Crippen molar-refractivity contribution < 1.29 is 19.1 Å². The smallest absolute Gasteiger partial charge is 0.333 e. The number of aldehydes is 1. The van der Waals surface area contributed by atoms with Gasteiger partial charge in [-0.2, -0.15) is 0 Å². The minimum absolute atomic E-state index is 0.0199. The van der Waals surface area contributed by atoms with Crippen LogP contribution in [0.4, 0.5) is 0 Å². The summed E-state index contributed by atoms with van der Waals surface area (Å²) in [4.78, 5) is 37.4. The van der Waals surface area contributed by atoms with Gasteiger partial charge in [-0.25, -0.2) is 4.79 Å². The third kappa shape index (κ3) is 2.60. The number of ketones is 1. The summed E-state index contributed by atoms with van der Waals surface area (Å²) in [5.41, 5.74) is -0.339. The van der Waals surface area contributed by atoms with E-state index in [0.717, 1.165) is 25.5 Å². The molecule has 0 aromatic heterocycles. The Labute approximate surface area is 150 Å². The first kappa shape index (κ1) is 18.3. The van der Waals surface area contributed by atoms with Gasteiger partial charge >= 0.3 is 5.97 Å². The number of methoxy groups -OCH3 is 1. The molecule has 0 radical (unpaired) electrons. The molecule has 0 aliphatic heterocycles. The van der Waals surface area contributed by atoms with Crippen molar-refractivity contribution in [2.75, 3.05) is 7.11 Å². The highest BCUT2D eigenvalue weighted by molar-refractivity contribution is 6.05. The second-order valence-electron chi connectivity index (χ2n) is 9.21. The first-order valence-electron chi connectivity index (χ1n) is 9.48. The predicted molar refractivity (Wildman–Crippen MR) is 94.8 cm³/mol. The fourth-order valence-corrected chi connectivity index (χ4v) is 6.43. The van der Waals surface area contributed by atoms with Crippen LogP contribution in [0.25, 0.3) is 0 Å². The van der Waals surface area contributed by atoms with Gasteiger partial charge in [-0.1, -0.05) is 33.3 Å². The van der Waals surface area contributed by atoms with Gasteiger partial charge in [0.25, 0.3) is 0 Å². The number of esters is 1. The molecule has 3 aliphatic carbocycles. The van der Waals surface area contributed by atoms with Gasteiger partial charge in [0.1, 0.15) is 6.29 Å². The standard InChI is InChI=1S/C21H30O4/c1-19(2)9-5-10-20(3)15(19)8-11-21(13-22)16(20)7-6-14(12-17(21)23)18(24)25-4/h6,13,15-16H,5,7-12H2,1-4H3/t15?,16-,20+,21+/m1/s1.